The fourth-order valence-corrected chi connectivity index (χ4v) is 4.23. The zero-order chi connectivity index (χ0) is 29.4. The number of fused-ring (bicyclic) bond motifs is 1. The van der Waals surface area contributed by atoms with E-state index in [4.69, 9.17) is 0 Å². The van der Waals surface area contributed by atoms with Crippen LogP contribution in [0.1, 0.15) is 52.3 Å². The number of halogens is 1. The van der Waals surface area contributed by atoms with Gasteiger partial charge in [-0.05, 0) is 63.0 Å². The summed E-state index contributed by atoms with van der Waals surface area (Å²) in [4.78, 5) is 17.4. The SMILES string of the molecule is C=CN=C(/C(C)=C(\C)NC(=C)C1=c2c(F)c(C(/C=C(\C=C)NC(=C)CC(C)C)=C/C)ncc2=N1)c1ccncc1. The Labute approximate surface area is 236 Å². The van der Waals surface area contributed by atoms with Gasteiger partial charge in [-0.3, -0.25) is 15.0 Å². The predicted molar refractivity (Wildman–Crippen MR) is 164 cm³/mol. The first kappa shape index (κ1) is 29.9. The average molecular weight is 537 g/mol. The van der Waals surface area contributed by atoms with Crippen molar-refractivity contribution in [2.24, 2.45) is 15.9 Å². The molecule has 0 bridgehead atoms. The third-order valence-electron chi connectivity index (χ3n) is 6.28. The average Bonchev–Trinajstić information content (AvgIpc) is 2.90. The summed E-state index contributed by atoms with van der Waals surface area (Å²) in [7, 11) is 0. The van der Waals surface area contributed by atoms with Gasteiger partial charge in [0.15, 0.2) is 5.82 Å². The first-order chi connectivity index (χ1) is 19.1. The molecule has 2 aromatic heterocycles. The Balaban J connectivity index is 1.94. The number of nitrogens with one attached hydrogen (secondary N) is 2. The van der Waals surface area contributed by atoms with Crippen molar-refractivity contribution >= 4 is 17.0 Å². The molecule has 0 unspecified atom stereocenters. The maximum absolute atomic E-state index is 15.9. The van der Waals surface area contributed by atoms with Crippen LogP contribution in [0.25, 0.3) is 11.3 Å². The lowest BCUT2D eigenvalue weighted by Crippen LogP contribution is -2.41. The van der Waals surface area contributed by atoms with E-state index < -0.39 is 5.82 Å². The molecular formula is C33H37FN6. The Morgan fingerprint density at radius 2 is 1.82 bits per heavy atom. The first-order valence-corrected chi connectivity index (χ1v) is 13.1. The Bertz CT molecular complexity index is 1590. The minimum atomic E-state index is -0.455. The number of hydrogen-bond acceptors (Lipinski definition) is 6. The van der Waals surface area contributed by atoms with E-state index in [9.17, 15) is 0 Å². The van der Waals surface area contributed by atoms with Crippen LogP contribution in [0.4, 0.5) is 4.39 Å². The minimum Gasteiger partial charge on any atom is -0.359 e. The summed E-state index contributed by atoms with van der Waals surface area (Å²) < 4.78 is 15.9. The highest BCUT2D eigenvalue weighted by molar-refractivity contribution is 6.12. The lowest BCUT2D eigenvalue weighted by atomic mass is 10.0. The quantitative estimate of drug-likeness (QED) is 0.243. The van der Waals surface area contributed by atoms with Gasteiger partial charge in [-0.1, -0.05) is 46.2 Å². The van der Waals surface area contributed by atoms with Crippen LogP contribution in [-0.4, -0.2) is 15.7 Å². The summed E-state index contributed by atoms with van der Waals surface area (Å²) in [6.07, 6.45) is 12.6. The van der Waals surface area contributed by atoms with E-state index in [2.05, 4.69) is 70.7 Å². The number of allylic oxidation sites excluding steroid dienone is 7. The fraction of sp³-hybridized carbons (Fsp3) is 0.212. The lowest BCUT2D eigenvalue weighted by Gasteiger charge is -2.19. The van der Waals surface area contributed by atoms with Crippen LogP contribution in [0.2, 0.25) is 0 Å². The Hall–Kier alpha value is -4.65. The molecule has 0 saturated carbocycles. The molecule has 0 spiro atoms. The van der Waals surface area contributed by atoms with E-state index in [-0.39, 0.29) is 5.69 Å². The van der Waals surface area contributed by atoms with Crippen LogP contribution in [0, 0.1) is 11.7 Å². The van der Waals surface area contributed by atoms with Gasteiger partial charge in [0.2, 0.25) is 0 Å². The zero-order valence-corrected chi connectivity index (χ0v) is 24.0. The molecule has 1 aliphatic rings. The van der Waals surface area contributed by atoms with Gasteiger partial charge in [-0.2, -0.15) is 0 Å². The topological polar surface area (TPSA) is 74.6 Å². The smallest absolute Gasteiger partial charge is 0.161 e. The van der Waals surface area contributed by atoms with Crippen molar-refractivity contribution in [3.05, 3.63) is 137 Å². The number of hydrogen-bond donors (Lipinski definition) is 2. The van der Waals surface area contributed by atoms with Crippen molar-refractivity contribution in [1.82, 2.24) is 20.6 Å². The van der Waals surface area contributed by atoms with Gasteiger partial charge in [-0.15, -0.1) is 0 Å². The van der Waals surface area contributed by atoms with Gasteiger partial charge in [0.05, 0.1) is 33.9 Å². The normalized spacial score (nSPS) is 14.0. The van der Waals surface area contributed by atoms with Crippen LogP contribution in [-0.2, 0) is 0 Å². The zero-order valence-electron chi connectivity index (χ0n) is 24.0. The maximum atomic E-state index is 15.9. The van der Waals surface area contributed by atoms with Gasteiger partial charge in [0.25, 0.3) is 0 Å². The van der Waals surface area contributed by atoms with Crippen molar-refractivity contribution < 1.29 is 4.39 Å². The standard InChI is InChI=1S/C33H37FN6/c1-10-25(18-27(11-2)38-21(6)17-20(4)5)33-30(34)29-28(19-37-33)40-32(29)24(9)39-23(8)22(7)31(36-12-3)26-13-15-35-16-14-26/h10-16,18-20,38-39H,2-3,6,9,17H2,1,4-5,7-8H3/b23-22+,25-10+,27-18+,36-31?. The second kappa shape index (κ2) is 13.4. The minimum absolute atomic E-state index is 0.221. The number of nitrogens with zero attached hydrogens (tertiary/aromatic N) is 4. The molecule has 2 N–H and O–H groups in total. The summed E-state index contributed by atoms with van der Waals surface area (Å²) >= 11 is 0. The molecule has 1 aliphatic heterocycles. The molecule has 6 nitrogen and oxygen atoms in total. The lowest BCUT2D eigenvalue weighted by molar-refractivity contribution is 0.599. The highest BCUT2D eigenvalue weighted by Crippen LogP contribution is 2.21. The predicted octanol–water partition coefficient (Wildman–Crippen LogP) is 6.01. The molecule has 3 heterocycles. The van der Waals surface area contributed by atoms with Crippen molar-refractivity contribution in [3.8, 4) is 0 Å². The van der Waals surface area contributed by atoms with Crippen LogP contribution in [0.3, 0.4) is 0 Å². The van der Waals surface area contributed by atoms with E-state index in [0.29, 0.717) is 39.2 Å². The highest BCUT2D eigenvalue weighted by atomic mass is 19.1. The van der Waals surface area contributed by atoms with Crippen molar-refractivity contribution in [2.75, 3.05) is 0 Å². The highest BCUT2D eigenvalue weighted by Gasteiger charge is 2.21. The molecular weight excluding hydrogens is 499 g/mol. The van der Waals surface area contributed by atoms with Gasteiger partial charge in [0, 0.05) is 46.8 Å². The number of rotatable bonds is 13. The van der Waals surface area contributed by atoms with Gasteiger partial charge >= 0.3 is 0 Å². The van der Waals surface area contributed by atoms with Gasteiger partial charge in [0.1, 0.15) is 5.69 Å². The molecule has 40 heavy (non-hydrogen) atoms. The van der Waals surface area contributed by atoms with Gasteiger partial charge in [-0.25, -0.2) is 9.38 Å². The van der Waals surface area contributed by atoms with Crippen molar-refractivity contribution in [3.63, 3.8) is 0 Å². The monoisotopic (exact) mass is 536 g/mol. The largest absolute Gasteiger partial charge is 0.359 e. The number of pyridine rings is 2. The molecule has 0 aliphatic carbocycles. The molecule has 0 radical (unpaired) electrons. The van der Waals surface area contributed by atoms with E-state index in [1.807, 2.05) is 45.1 Å². The summed E-state index contributed by atoms with van der Waals surface area (Å²) in [5, 5.41) is 7.41. The Kier molecular flexibility index (Phi) is 10.0. The fourth-order valence-electron chi connectivity index (χ4n) is 4.23. The number of aromatic nitrogens is 2. The van der Waals surface area contributed by atoms with E-state index in [0.717, 1.165) is 34.7 Å². The van der Waals surface area contributed by atoms with E-state index >= 15 is 4.39 Å². The van der Waals surface area contributed by atoms with Crippen LogP contribution in [0.15, 0.2) is 120 Å². The Morgan fingerprint density at radius 3 is 2.42 bits per heavy atom. The molecule has 0 aromatic carbocycles. The molecule has 0 saturated heterocycles. The summed E-state index contributed by atoms with van der Waals surface area (Å²) in [6, 6.07) is 3.76. The molecule has 0 fully saturated rings. The van der Waals surface area contributed by atoms with E-state index in [1.54, 1.807) is 24.7 Å². The summed E-state index contributed by atoms with van der Waals surface area (Å²) in [6.45, 7) is 25.8. The van der Waals surface area contributed by atoms with Gasteiger partial charge < -0.3 is 10.6 Å². The molecule has 0 atom stereocenters. The molecule has 0 amide bonds. The van der Waals surface area contributed by atoms with Crippen LogP contribution >= 0.6 is 0 Å². The molecule has 3 rings (SSSR count). The van der Waals surface area contributed by atoms with E-state index in [1.165, 1.54) is 6.20 Å². The van der Waals surface area contributed by atoms with Crippen molar-refractivity contribution in [2.45, 2.75) is 41.0 Å². The summed E-state index contributed by atoms with van der Waals surface area (Å²) in [5.74, 6) is 0.000720. The Morgan fingerprint density at radius 1 is 1.12 bits per heavy atom. The molecule has 206 valence electrons. The molecule has 2 aromatic rings. The summed E-state index contributed by atoms with van der Waals surface area (Å²) in [5.41, 5.74) is 6.66. The third kappa shape index (κ3) is 6.86. The third-order valence-corrected chi connectivity index (χ3v) is 6.28. The maximum Gasteiger partial charge on any atom is 0.161 e. The van der Waals surface area contributed by atoms with Crippen LogP contribution in [0.5, 0.6) is 0 Å². The second-order valence-corrected chi connectivity index (χ2v) is 9.77. The molecule has 7 heteroatoms. The second-order valence-electron chi connectivity index (χ2n) is 9.77. The van der Waals surface area contributed by atoms with Crippen LogP contribution < -0.4 is 21.2 Å². The van der Waals surface area contributed by atoms with Crippen molar-refractivity contribution in [1.29, 1.82) is 0 Å². The number of aliphatic imine (C=N–C) groups is 1. The first-order valence-electron chi connectivity index (χ1n) is 13.1.